The molecule has 0 N–H and O–H groups in total. The van der Waals surface area contributed by atoms with Crippen molar-refractivity contribution >= 4 is 25.5 Å². The Morgan fingerprint density at radius 1 is 1.10 bits per heavy atom. The quantitative estimate of drug-likeness (QED) is 0.653. The van der Waals surface area contributed by atoms with Crippen LogP contribution in [0.25, 0.3) is 0 Å². The minimum atomic E-state index is -3.66. The maximum absolute atomic E-state index is 13.1. The minimum absolute atomic E-state index is 0.124. The van der Waals surface area contributed by atoms with Gasteiger partial charge in [-0.05, 0) is 32.4 Å². The molecule has 0 bridgehead atoms. The van der Waals surface area contributed by atoms with E-state index in [2.05, 4.69) is 10.00 Å². The van der Waals surface area contributed by atoms with Gasteiger partial charge in [-0.25, -0.2) is 16.8 Å². The number of para-hydroxylation sites is 1. The van der Waals surface area contributed by atoms with Crippen LogP contribution < -0.4 is 9.64 Å². The monoisotopic (exact) mass is 468 g/mol. The lowest BCUT2D eigenvalue weighted by molar-refractivity contribution is 0.374. The number of benzene rings is 1. The Morgan fingerprint density at radius 3 is 2.39 bits per heavy atom. The van der Waals surface area contributed by atoms with Gasteiger partial charge in [0.05, 0.1) is 41.7 Å². The molecule has 0 saturated carbocycles. The van der Waals surface area contributed by atoms with Crippen molar-refractivity contribution in [1.82, 2.24) is 14.1 Å². The van der Waals surface area contributed by atoms with E-state index in [0.717, 1.165) is 17.1 Å². The normalized spacial score (nSPS) is 22.0. The zero-order valence-corrected chi connectivity index (χ0v) is 19.6. The average molecular weight is 469 g/mol. The van der Waals surface area contributed by atoms with Crippen molar-refractivity contribution in [2.45, 2.75) is 31.2 Å². The van der Waals surface area contributed by atoms with E-state index in [9.17, 15) is 16.8 Å². The predicted octanol–water partition coefficient (Wildman–Crippen LogP) is 1.38. The van der Waals surface area contributed by atoms with Gasteiger partial charge in [-0.3, -0.25) is 4.68 Å². The lowest BCUT2D eigenvalue weighted by Gasteiger charge is -2.35. The van der Waals surface area contributed by atoms with E-state index in [1.807, 2.05) is 18.5 Å². The van der Waals surface area contributed by atoms with Crippen LogP contribution in [0, 0.1) is 13.8 Å². The van der Waals surface area contributed by atoms with E-state index >= 15 is 0 Å². The lowest BCUT2D eigenvalue weighted by atomic mass is 10.2. The summed E-state index contributed by atoms with van der Waals surface area (Å²) in [6, 6.07) is 6.51. The van der Waals surface area contributed by atoms with Crippen LogP contribution in [0.4, 0.5) is 5.69 Å². The van der Waals surface area contributed by atoms with Crippen molar-refractivity contribution in [1.29, 1.82) is 0 Å². The molecule has 9 nitrogen and oxygen atoms in total. The molecule has 0 aliphatic carbocycles. The van der Waals surface area contributed by atoms with E-state index in [-0.39, 0.29) is 22.4 Å². The summed E-state index contributed by atoms with van der Waals surface area (Å²) in [4.78, 5) is 2.32. The van der Waals surface area contributed by atoms with Crippen LogP contribution in [0.5, 0.6) is 5.75 Å². The van der Waals surface area contributed by atoms with Gasteiger partial charge >= 0.3 is 0 Å². The van der Waals surface area contributed by atoms with Crippen LogP contribution in [-0.4, -0.2) is 75.7 Å². The second-order valence-corrected chi connectivity index (χ2v) is 12.2. The van der Waals surface area contributed by atoms with Gasteiger partial charge in [0.2, 0.25) is 10.0 Å². The van der Waals surface area contributed by atoms with Gasteiger partial charge in [0, 0.05) is 26.2 Å². The van der Waals surface area contributed by atoms with Crippen LogP contribution in [0.2, 0.25) is 0 Å². The van der Waals surface area contributed by atoms with Gasteiger partial charge in [-0.1, -0.05) is 12.1 Å². The fraction of sp³-hybridized carbons (Fsp3) is 0.550. The second-order valence-electron chi connectivity index (χ2n) is 8.06. The van der Waals surface area contributed by atoms with E-state index in [4.69, 9.17) is 4.74 Å². The molecule has 170 valence electrons. The molecule has 1 unspecified atom stereocenters. The third-order valence-electron chi connectivity index (χ3n) is 6.08. The van der Waals surface area contributed by atoms with E-state index in [1.54, 1.807) is 24.3 Å². The highest BCUT2D eigenvalue weighted by molar-refractivity contribution is 7.91. The van der Waals surface area contributed by atoms with Gasteiger partial charge < -0.3 is 9.64 Å². The molecular formula is C20H28N4O5S2. The molecule has 2 fully saturated rings. The zero-order valence-electron chi connectivity index (χ0n) is 18.0. The van der Waals surface area contributed by atoms with Gasteiger partial charge in [-0.15, -0.1) is 0 Å². The largest absolute Gasteiger partial charge is 0.495 e. The summed E-state index contributed by atoms with van der Waals surface area (Å²) in [6.45, 7) is 5.64. The highest BCUT2D eigenvalue weighted by atomic mass is 32.2. The molecule has 3 heterocycles. The van der Waals surface area contributed by atoms with Crippen molar-refractivity contribution in [3.63, 3.8) is 0 Å². The maximum Gasteiger partial charge on any atom is 0.246 e. The number of rotatable bonds is 5. The second kappa shape index (κ2) is 8.10. The Bertz CT molecular complexity index is 1180. The van der Waals surface area contributed by atoms with E-state index in [0.29, 0.717) is 38.3 Å². The number of aryl methyl sites for hydroxylation is 1. The van der Waals surface area contributed by atoms with Crippen molar-refractivity contribution < 1.29 is 21.6 Å². The minimum Gasteiger partial charge on any atom is -0.495 e. The zero-order chi connectivity index (χ0) is 22.4. The summed E-state index contributed by atoms with van der Waals surface area (Å²) < 4.78 is 58.6. The van der Waals surface area contributed by atoms with Crippen LogP contribution >= 0.6 is 0 Å². The van der Waals surface area contributed by atoms with Crippen LogP contribution in [0.3, 0.4) is 0 Å². The third kappa shape index (κ3) is 4.06. The topological polar surface area (TPSA) is 102 Å². The molecule has 1 aromatic carbocycles. The molecule has 2 saturated heterocycles. The maximum atomic E-state index is 13.1. The Morgan fingerprint density at radius 2 is 1.77 bits per heavy atom. The lowest BCUT2D eigenvalue weighted by Crippen LogP contribution is -2.49. The van der Waals surface area contributed by atoms with Gasteiger partial charge in [-0.2, -0.15) is 9.40 Å². The fourth-order valence-electron chi connectivity index (χ4n) is 4.56. The van der Waals surface area contributed by atoms with Crippen LogP contribution in [0.1, 0.15) is 23.9 Å². The number of nitrogens with zero attached hydrogens (tertiary/aromatic N) is 4. The average Bonchev–Trinajstić information content (AvgIpc) is 3.25. The number of aromatic nitrogens is 2. The molecule has 0 amide bonds. The highest BCUT2D eigenvalue weighted by Crippen LogP contribution is 2.33. The molecule has 2 aromatic rings. The van der Waals surface area contributed by atoms with Crippen LogP contribution in [-0.2, 0) is 19.9 Å². The number of sulfonamides is 1. The molecular weight excluding hydrogens is 440 g/mol. The molecule has 0 radical (unpaired) electrons. The molecule has 4 rings (SSSR count). The Balaban J connectivity index is 1.52. The number of anilines is 1. The van der Waals surface area contributed by atoms with Gasteiger partial charge in [0.1, 0.15) is 10.6 Å². The summed E-state index contributed by atoms with van der Waals surface area (Å²) in [5.74, 6) is 0.661. The van der Waals surface area contributed by atoms with Crippen molar-refractivity contribution in [3.05, 3.63) is 35.7 Å². The first-order valence-corrected chi connectivity index (χ1v) is 13.5. The fourth-order valence-corrected chi connectivity index (χ4v) is 7.83. The molecule has 2 aliphatic heterocycles. The first kappa shape index (κ1) is 22.1. The van der Waals surface area contributed by atoms with Crippen LogP contribution in [0.15, 0.2) is 29.2 Å². The van der Waals surface area contributed by atoms with Gasteiger partial charge in [0.15, 0.2) is 9.84 Å². The van der Waals surface area contributed by atoms with Gasteiger partial charge in [0.25, 0.3) is 0 Å². The molecule has 1 aromatic heterocycles. The summed E-state index contributed by atoms with van der Waals surface area (Å²) in [6.07, 6.45) is 0.578. The summed E-state index contributed by atoms with van der Waals surface area (Å²) >= 11 is 0. The first-order chi connectivity index (χ1) is 14.6. The SMILES string of the molecule is COc1ccccc1S(=O)(=O)N1CCN(c2c(C)nn(C3CCS(=O)(=O)C3)c2C)CC1. The van der Waals surface area contributed by atoms with Crippen molar-refractivity contribution in [2.75, 3.05) is 49.7 Å². The number of methoxy groups -OCH3 is 1. The van der Waals surface area contributed by atoms with E-state index < -0.39 is 19.9 Å². The Kier molecular flexibility index (Phi) is 5.78. The number of ether oxygens (including phenoxy) is 1. The Labute approximate surface area is 183 Å². The molecule has 0 spiro atoms. The molecule has 1 atom stereocenters. The molecule has 2 aliphatic rings. The summed E-state index contributed by atoms with van der Waals surface area (Å²) in [7, 11) is -5.20. The van der Waals surface area contributed by atoms with Crippen molar-refractivity contribution in [3.8, 4) is 5.75 Å². The first-order valence-electron chi connectivity index (χ1n) is 10.3. The predicted molar refractivity (Wildman–Crippen MR) is 118 cm³/mol. The number of piperazine rings is 1. The highest BCUT2D eigenvalue weighted by Gasteiger charge is 2.34. The summed E-state index contributed by atoms with van der Waals surface area (Å²) in [5, 5.41) is 4.63. The molecule has 11 heteroatoms. The van der Waals surface area contributed by atoms with Crippen molar-refractivity contribution in [2.24, 2.45) is 0 Å². The standard InChI is InChI=1S/C20H28N4O5S2/c1-15-20(16(2)24(21-15)17-8-13-30(25,26)14-17)22-9-11-23(12-10-22)31(27,28)19-7-5-4-6-18(19)29-3/h4-7,17H,8-14H2,1-3H3. The smallest absolute Gasteiger partial charge is 0.246 e. The third-order valence-corrected chi connectivity index (χ3v) is 9.77. The molecule has 31 heavy (non-hydrogen) atoms. The number of sulfone groups is 1. The number of hydrogen-bond donors (Lipinski definition) is 0. The van der Waals surface area contributed by atoms with E-state index in [1.165, 1.54) is 11.4 Å². The summed E-state index contributed by atoms with van der Waals surface area (Å²) in [5.41, 5.74) is 2.74. The number of hydrogen-bond acceptors (Lipinski definition) is 7. The Hall–Kier alpha value is -2.11.